The molecule has 1 heterocycles. The maximum Gasteiger partial charge on any atom is 0.251 e. The fraction of sp³-hybridized carbons (Fsp3) is 0.381. The van der Waals surface area contributed by atoms with E-state index in [0.717, 1.165) is 25.1 Å². The average Bonchev–Trinajstić information content (AvgIpc) is 2.69. The van der Waals surface area contributed by atoms with Crippen molar-refractivity contribution in [2.24, 2.45) is 0 Å². The number of carbonyl (C=O) groups is 2. The molecule has 2 N–H and O–H groups in total. The Kier molecular flexibility index (Phi) is 8.95. The Morgan fingerprint density at radius 2 is 2.00 bits per heavy atom. The van der Waals surface area contributed by atoms with Gasteiger partial charge in [0.1, 0.15) is 12.0 Å². The molecule has 0 aliphatic rings. The van der Waals surface area contributed by atoms with Crippen LogP contribution < -0.4 is 14.8 Å². The summed E-state index contributed by atoms with van der Waals surface area (Å²) in [6.45, 7) is 6.22. The lowest BCUT2D eigenvalue weighted by Gasteiger charge is -2.10. The second-order valence-corrected chi connectivity index (χ2v) is 7.93. The maximum absolute atomic E-state index is 12.3. The van der Waals surface area contributed by atoms with E-state index in [-0.39, 0.29) is 17.2 Å². The lowest BCUT2D eigenvalue weighted by Crippen LogP contribution is -2.27. The highest BCUT2D eigenvalue weighted by molar-refractivity contribution is 7.79. The summed E-state index contributed by atoms with van der Waals surface area (Å²) in [5.74, 6) is 0.354. The molecule has 1 aromatic carbocycles. The number of benzene rings is 1. The van der Waals surface area contributed by atoms with Crippen LogP contribution in [0.2, 0.25) is 0 Å². The molecule has 2 aromatic rings. The van der Waals surface area contributed by atoms with E-state index in [2.05, 4.69) is 35.5 Å². The second-order valence-electron chi connectivity index (χ2n) is 6.96. The molecule has 0 spiro atoms. The van der Waals surface area contributed by atoms with Crippen molar-refractivity contribution in [3.8, 4) is 5.75 Å². The zero-order valence-electron chi connectivity index (χ0n) is 16.9. The SMILES string of the molecule is CC(C)c1cncc(CNCCCNC(=O)c2cc(C=O)cc(OS(C)=O)c2)c1. The normalized spacial score (nSPS) is 11.9. The third kappa shape index (κ3) is 7.75. The van der Waals surface area contributed by atoms with E-state index in [9.17, 15) is 13.8 Å². The average molecular weight is 418 g/mol. The van der Waals surface area contributed by atoms with Gasteiger partial charge in [0, 0.05) is 42.9 Å². The number of amides is 1. The van der Waals surface area contributed by atoms with E-state index in [4.69, 9.17) is 4.18 Å². The summed E-state index contributed by atoms with van der Waals surface area (Å²) in [6.07, 6.45) is 6.48. The topological polar surface area (TPSA) is 97.4 Å². The first-order chi connectivity index (χ1) is 13.9. The summed E-state index contributed by atoms with van der Waals surface area (Å²) >= 11 is -1.54. The quantitative estimate of drug-likeness (QED) is 0.431. The van der Waals surface area contributed by atoms with Gasteiger partial charge in [0.05, 0.1) is 0 Å². The minimum atomic E-state index is -1.54. The molecule has 1 amide bonds. The summed E-state index contributed by atoms with van der Waals surface area (Å²) in [5.41, 5.74) is 2.92. The van der Waals surface area contributed by atoms with Crippen LogP contribution in [0.3, 0.4) is 0 Å². The van der Waals surface area contributed by atoms with Gasteiger partial charge in [-0.1, -0.05) is 19.9 Å². The highest BCUT2D eigenvalue weighted by Gasteiger charge is 2.10. The molecule has 0 aliphatic carbocycles. The molecule has 0 radical (unpaired) electrons. The summed E-state index contributed by atoms with van der Waals surface area (Å²) in [5, 5.41) is 6.15. The van der Waals surface area contributed by atoms with Crippen LogP contribution in [-0.2, 0) is 17.6 Å². The number of nitrogens with one attached hydrogen (secondary N) is 2. The van der Waals surface area contributed by atoms with Gasteiger partial charge in [-0.2, -0.15) is 0 Å². The first-order valence-electron chi connectivity index (χ1n) is 9.43. The summed E-state index contributed by atoms with van der Waals surface area (Å²) < 4.78 is 16.3. The van der Waals surface area contributed by atoms with Gasteiger partial charge in [-0.3, -0.25) is 14.6 Å². The largest absolute Gasteiger partial charge is 0.401 e. The Hall–Kier alpha value is -2.58. The highest BCUT2D eigenvalue weighted by Crippen LogP contribution is 2.17. The van der Waals surface area contributed by atoms with Crippen molar-refractivity contribution < 1.29 is 18.0 Å². The van der Waals surface area contributed by atoms with Crippen molar-refractivity contribution in [3.05, 3.63) is 58.9 Å². The molecule has 29 heavy (non-hydrogen) atoms. The summed E-state index contributed by atoms with van der Waals surface area (Å²) in [7, 11) is 0. The maximum atomic E-state index is 12.3. The van der Waals surface area contributed by atoms with Crippen molar-refractivity contribution in [3.63, 3.8) is 0 Å². The Balaban J connectivity index is 1.77. The Morgan fingerprint density at radius 3 is 2.69 bits per heavy atom. The second kappa shape index (κ2) is 11.4. The molecule has 1 atom stereocenters. The third-order valence-corrected chi connectivity index (χ3v) is 4.60. The minimum Gasteiger partial charge on any atom is -0.401 e. The molecule has 2 rings (SSSR count). The Bertz CT molecular complexity index is 871. The Labute approximate surface area is 173 Å². The van der Waals surface area contributed by atoms with Crippen LogP contribution >= 0.6 is 0 Å². The van der Waals surface area contributed by atoms with E-state index in [1.165, 1.54) is 30.0 Å². The van der Waals surface area contributed by atoms with Crippen LogP contribution in [0.4, 0.5) is 0 Å². The first-order valence-corrected chi connectivity index (χ1v) is 10.9. The standard InChI is InChI=1S/C21H27N3O4S/c1-15(2)19-8-17(12-23-13-19)11-22-5-4-6-24-21(26)18-7-16(14-25)9-20(10-18)28-29(3)27/h7-10,12-15,22H,4-6,11H2,1-3H3,(H,24,26). The summed E-state index contributed by atoms with van der Waals surface area (Å²) in [6, 6.07) is 6.53. The molecule has 0 saturated carbocycles. The predicted octanol–water partition coefficient (Wildman–Crippen LogP) is 2.60. The Morgan fingerprint density at radius 1 is 1.21 bits per heavy atom. The highest BCUT2D eigenvalue weighted by atomic mass is 32.2. The third-order valence-electron chi connectivity index (χ3n) is 4.17. The predicted molar refractivity (Wildman–Crippen MR) is 114 cm³/mol. The minimum absolute atomic E-state index is 0.222. The van der Waals surface area contributed by atoms with Gasteiger partial charge in [0.25, 0.3) is 5.91 Å². The monoisotopic (exact) mass is 417 g/mol. The van der Waals surface area contributed by atoms with Crippen molar-refractivity contribution in [1.29, 1.82) is 0 Å². The van der Waals surface area contributed by atoms with Crippen molar-refractivity contribution >= 4 is 23.3 Å². The smallest absolute Gasteiger partial charge is 0.251 e. The molecule has 1 aromatic heterocycles. The van der Waals surface area contributed by atoms with Gasteiger partial charge >= 0.3 is 0 Å². The first kappa shape index (κ1) is 22.7. The van der Waals surface area contributed by atoms with Crippen LogP contribution in [0.25, 0.3) is 0 Å². The van der Waals surface area contributed by atoms with Gasteiger partial charge in [0.15, 0.2) is 0 Å². The van der Waals surface area contributed by atoms with E-state index in [1.807, 2.05) is 12.4 Å². The van der Waals surface area contributed by atoms with Crippen LogP contribution in [0.1, 0.15) is 58.0 Å². The zero-order chi connectivity index (χ0) is 21.2. The number of rotatable bonds is 11. The number of pyridine rings is 1. The number of hydrogen-bond acceptors (Lipinski definition) is 6. The molecule has 1 unspecified atom stereocenters. The number of nitrogens with zero attached hydrogens (tertiary/aromatic N) is 1. The van der Waals surface area contributed by atoms with Crippen molar-refractivity contribution in [2.75, 3.05) is 19.3 Å². The van der Waals surface area contributed by atoms with E-state index < -0.39 is 11.1 Å². The van der Waals surface area contributed by atoms with Gasteiger partial charge in [-0.15, -0.1) is 0 Å². The lowest BCUT2D eigenvalue weighted by molar-refractivity contribution is 0.0953. The van der Waals surface area contributed by atoms with Crippen LogP contribution in [0.5, 0.6) is 5.75 Å². The molecule has 0 saturated heterocycles. The molecule has 7 nitrogen and oxygen atoms in total. The molecule has 0 fully saturated rings. The van der Waals surface area contributed by atoms with Gasteiger partial charge in [0.2, 0.25) is 11.1 Å². The fourth-order valence-electron chi connectivity index (χ4n) is 2.68. The van der Waals surface area contributed by atoms with Crippen LogP contribution in [0.15, 0.2) is 36.7 Å². The fourth-order valence-corrected chi connectivity index (χ4v) is 3.04. The molecule has 0 bridgehead atoms. The molecular formula is C21H27N3O4S. The van der Waals surface area contributed by atoms with Crippen molar-refractivity contribution in [2.45, 2.75) is 32.7 Å². The van der Waals surface area contributed by atoms with Crippen molar-refractivity contribution in [1.82, 2.24) is 15.6 Å². The number of aromatic nitrogens is 1. The van der Waals surface area contributed by atoms with Gasteiger partial charge in [-0.25, -0.2) is 4.21 Å². The van der Waals surface area contributed by atoms with Gasteiger partial charge < -0.3 is 14.8 Å². The molecule has 156 valence electrons. The number of hydrogen-bond donors (Lipinski definition) is 2. The number of aldehydes is 1. The van der Waals surface area contributed by atoms with E-state index >= 15 is 0 Å². The lowest BCUT2D eigenvalue weighted by atomic mass is 10.0. The van der Waals surface area contributed by atoms with Crippen LogP contribution in [-0.4, -0.2) is 40.7 Å². The van der Waals surface area contributed by atoms with E-state index in [1.54, 1.807) is 0 Å². The molecule has 8 heteroatoms. The van der Waals surface area contributed by atoms with E-state index in [0.29, 0.717) is 24.3 Å². The summed E-state index contributed by atoms with van der Waals surface area (Å²) in [4.78, 5) is 27.6. The number of carbonyl (C=O) groups excluding carboxylic acids is 2. The van der Waals surface area contributed by atoms with Gasteiger partial charge in [-0.05, 0) is 48.2 Å². The molecular weight excluding hydrogens is 390 g/mol. The zero-order valence-corrected chi connectivity index (χ0v) is 17.8. The molecule has 0 aliphatic heterocycles. The van der Waals surface area contributed by atoms with Crippen LogP contribution in [0, 0.1) is 0 Å².